The van der Waals surface area contributed by atoms with Crippen molar-refractivity contribution in [1.82, 2.24) is 14.8 Å². The molecule has 0 spiro atoms. The molecule has 0 bridgehead atoms. The average Bonchev–Trinajstić information content (AvgIpc) is 3.05. The number of hydrazone groups is 1. The number of aliphatic imine (C=N–C) groups is 1. The van der Waals surface area contributed by atoms with E-state index in [0.29, 0.717) is 37.1 Å². The van der Waals surface area contributed by atoms with Gasteiger partial charge in [0.15, 0.2) is 0 Å². The van der Waals surface area contributed by atoms with Gasteiger partial charge in [-0.3, -0.25) is 14.6 Å². The highest BCUT2D eigenvalue weighted by molar-refractivity contribution is 6.23. The number of likely N-dealkylation sites (N-methyl/N-ethyl adjacent to an activating group) is 2. The van der Waals surface area contributed by atoms with E-state index in [2.05, 4.69) is 15.4 Å². The zero-order chi connectivity index (χ0) is 20.0. The lowest BCUT2D eigenvalue weighted by Crippen LogP contribution is -2.62. The standard InChI is InChI=1S/C18H21FN7O2/c1-11-10-25-14-15(23(2)18(28)24(3)16(14)27)21-17(25)26(22-11)9-8-20-13-7-5-4-6-12(13)19/h4-7,14,20H,8-10H2,1-3H3/q+1. The minimum atomic E-state index is -0.643. The van der Waals surface area contributed by atoms with Crippen molar-refractivity contribution >= 4 is 35.1 Å². The van der Waals surface area contributed by atoms with Crippen molar-refractivity contribution in [3.05, 3.63) is 30.1 Å². The van der Waals surface area contributed by atoms with Crippen LogP contribution in [0.25, 0.3) is 0 Å². The minimum Gasteiger partial charge on any atom is -0.379 e. The summed E-state index contributed by atoms with van der Waals surface area (Å²) in [6, 6.07) is 5.40. The highest BCUT2D eigenvalue weighted by Crippen LogP contribution is 2.22. The summed E-state index contributed by atoms with van der Waals surface area (Å²) in [6.07, 6.45) is 0. The normalized spacial score (nSPS) is 21.6. The fourth-order valence-electron chi connectivity index (χ4n) is 3.53. The van der Waals surface area contributed by atoms with Gasteiger partial charge in [-0.25, -0.2) is 13.8 Å². The van der Waals surface area contributed by atoms with Crippen LogP contribution in [0.1, 0.15) is 6.92 Å². The molecule has 1 N–H and O–H groups in total. The summed E-state index contributed by atoms with van der Waals surface area (Å²) in [6.45, 7) is 3.17. The molecule has 0 aliphatic carbocycles. The number of anilines is 1. The number of imide groups is 1. The first-order chi connectivity index (χ1) is 13.4. The van der Waals surface area contributed by atoms with Crippen LogP contribution in [-0.2, 0) is 4.79 Å². The number of urea groups is 1. The molecule has 1 atom stereocenters. The Kier molecular flexibility index (Phi) is 4.33. The molecule has 1 saturated heterocycles. The quantitative estimate of drug-likeness (QED) is 0.769. The van der Waals surface area contributed by atoms with Gasteiger partial charge in [0.25, 0.3) is 5.91 Å². The third-order valence-electron chi connectivity index (χ3n) is 4.94. The molecular weight excluding hydrogens is 365 g/mol. The highest BCUT2D eigenvalue weighted by Gasteiger charge is 2.53. The molecule has 1 aromatic rings. The summed E-state index contributed by atoms with van der Waals surface area (Å²) < 4.78 is 15.6. The van der Waals surface area contributed by atoms with Crippen LogP contribution in [0.4, 0.5) is 14.9 Å². The van der Waals surface area contributed by atoms with Crippen molar-refractivity contribution in [2.75, 3.05) is 39.0 Å². The van der Waals surface area contributed by atoms with E-state index < -0.39 is 12.1 Å². The number of rotatable bonds is 4. The molecule has 1 aromatic carbocycles. The molecule has 3 amide bonds. The number of benzene rings is 1. The lowest BCUT2D eigenvalue weighted by atomic mass is 10.1. The fraction of sp³-hybridized carbons (Fsp3) is 0.389. The van der Waals surface area contributed by atoms with E-state index in [1.165, 1.54) is 18.0 Å². The summed E-state index contributed by atoms with van der Waals surface area (Å²) in [7, 11) is 3.07. The predicted octanol–water partition coefficient (Wildman–Crippen LogP) is 0.602. The van der Waals surface area contributed by atoms with Crippen molar-refractivity contribution in [1.29, 1.82) is 0 Å². The van der Waals surface area contributed by atoms with E-state index in [0.717, 1.165) is 10.6 Å². The zero-order valence-corrected chi connectivity index (χ0v) is 15.9. The van der Waals surface area contributed by atoms with Crippen LogP contribution in [0.2, 0.25) is 0 Å². The Hall–Kier alpha value is -3.30. The van der Waals surface area contributed by atoms with E-state index in [9.17, 15) is 14.0 Å². The molecule has 3 heterocycles. The van der Waals surface area contributed by atoms with Crippen molar-refractivity contribution < 1.29 is 18.6 Å². The SMILES string of the molecule is CC1=NN(CCNc2ccccc2F)C2=[N+](C1)C1C(=O)N(C)C(=O)N(C)C1=N2. The van der Waals surface area contributed by atoms with Gasteiger partial charge in [-0.15, -0.1) is 10.1 Å². The number of guanidine groups is 1. The molecule has 1 fully saturated rings. The molecule has 146 valence electrons. The molecule has 0 aromatic heterocycles. The summed E-state index contributed by atoms with van der Waals surface area (Å²) in [4.78, 5) is 32.0. The molecule has 0 saturated carbocycles. The maximum atomic E-state index is 13.8. The maximum Gasteiger partial charge on any atom is 0.416 e. The van der Waals surface area contributed by atoms with Crippen LogP contribution in [0, 0.1) is 5.82 Å². The molecule has 4 rings (SSSR count). The van der Waals surface area contributed by atoms with Gasteiger partial charge in [0.2, 0.25) is 11.9 Å². The highest BCUT2D eigenvalue weighted by atomic mass is 19.1. The third-order valence-corrected chi connectivity index (χ3v) is 4.94. The van der Waals surface area contributed by atoms with E-state index in [1.807, 2.05) is 11.5 Å². The number of carbonyl (C=O) groups is 2. The lowest BCUT2D eigenvalue weighted by Gasteiger charge is -2.32. The molecule has 28 heavy (non-hydrogen) atoms. The Morgan fingerprint density at radius 2 is 2.00 bits per heavy atom. The summed E-state index contributed by atoms with van der Waals surface area (Å²) in [5.74, 6) is 0.288. The van der Waals surface area contributed by atoms with Crippen LogP contribution in [0.5, 0.6) is 0 Å². The van der Waals surface area contributed by atoms with Crippen LogP contribution in [0.15, 0.2) is 34.4 Å². The first kappa shape index (κ1) is 18.1. The number of para-hydroxylation sites is 1. The number of carbonyl (C=O) groups excluding carboxylic acids is 2. The molecule has 10 heteroatoms. The number of fused-ring (bicyclic) bond motifs is 2. The van der Waals surface area contributed by atoms with E-state index in [1.54, 1.807) is 30.3 Å². The van der Waals surface area contributed by atoms with Gasteiger partial charge in [0.05, 0.1) is 11.4 Å². The third kappa shape index (κ3) is 2.81. The molecule has 0 radical (unpaired) electrons. The molecule has 3 aliphatic rings. The van der Waals surface area contributed by atoms with Crippen LogP contribution in [-0.4, -0.2) is 88.6 Å². The number of halogens is 1. The largest absolute Gasteiger partial charge is 0.416 e. The van der Waals surface area contributed by atoms with Gasteiger partial charge < -0.3 is 5.32 Å². The second-order valence-electron chi connectivity index (χ2n) is 6.90. The zero-order valence-electron chi connectivity index (χ0n) is 15.9. The number of hydrogen-bond acceptors (Lipinski definition) is 6. The number of amidine groups is 1. The van der Waals surface area contributed by atoms with Gasteiger partial charge in [0, 0.05) is 20.6 Å². The lowest BCUT2D eigenvalue weighted by molar-refractivity contribution is -0.527. The van der Waals surface area contributed by atoms with Gasteiger partial charge >= 0.3 is 12.0 Å². The molecule has 9 nitrogen and oxygen atoms in total. The Balaban J connectivity index is 1.56. The van der Waals surface area contributed by atoms with Crippen molar-refractivity contribution in [3.63, 3.8) is 0 Å². The number of nitrogens with zero attached hydrogens (tertiary/aromatic N) is 6. The van der Waals surface area contributed by atoms with E-state index in [4.69, 9.17) is 0 Å². The van der Waals surface area contributed by atoms with Crippen LogP contribution < -0.4 is 5.32 Å². The van der Waals surface area contributed by atoms with Gasteiger partial charge in [0.1, 0.15) is 18.9 Å². The van der Waals surface area contributed by atoms with E-state index >= 15 is 0 Å². The topological polar surface area (TPSA) is 83.6 Å². The second-order valence-corrected chi connectivity index (χ2v) is 6.90. The Labute approximate surface area is 161 Å². The number of amides is 3. The maximum absolute atomic E-state index is 13.8. The summed E-state index contributed by atoms with van der Waals surface area (Å²) >= 11 is 0. The summed E-state index contributed by atoms with van der Waals surface area (Å²) in [5.41, 5.74) is 1.23. The first-order valence-electron chi connectivity index (χ1n) is 8.96. The van der Waals surface area contributed by atoms with Crippen LogP contribution in [0.3, 0.4) is 0 Å². The average molecular weight is 386 g/mol. The number of hydrogen-bond donors (Lipinski definition) is 1. The molecule has 3 aliphatic heterocycles. The Bertz CT molecular complexity index is 955. The van der Waals surface area contributed by atoms with Gasteiger partial charge in [-0.05, 0) is 19.1 Å². The van der Waals surface area contributed by atoms with Crippen molar-refractivity contribution in [2.45, 2.75) is 13.0 Å². The van der Waals surface area contributed by atoms with Crippen LogP contribution >= 0.6 is 0 Å². The van der Waals surface area contributed by atoms with Gasteiger partial charge in [-0.1, -0.05) is 17.1 Å². The smallest absolute Gasteiger partial charge is 0.379 e. The number of nitrogens with one attached hydrogen (secondary N) is 1. The Morgan fingerprint density at radius 1 is 1.25 bits per heavy atom. The Morgan fingerprint density at radius 3 is 2.75 bits per heavy atom. The predicted molar refractivity (Wildman–Crippen MR) is 102 cm³/mol. The van der Waals surface area contributed by atoms with Crippen molar-refractivity contribution in [3.8, 4) is 0 Å². The molecular formula is C18H21FN7O2+. The fourth-order valence-corrected chi connectivity index (χ4v) is 3.53. The van der Waals surface area contributed by atoms with E-state index in [-0.39, 0.29) is 11.7 Å². The van der Waals surface area contributed by atoms with Crippen molar-refractivity contribution in [2.24, 2.45) is 10.1 Å². The minimum absolute atomic E-state index is 0.309. The monoisotopic (exact) mass is 386 g/mol. The summed E-state index contributed by atoms with van der Waals surface area (Å²) in [5, 5.41) is 9.25. The second kappa shape index (κ2) is 6.70. The first-order valence-corrected chi connectivity index (χ1v) is 8.96. The molecule has 1 unspecified atom stereocenters. The van der Waals surface area contributed by atoms with Gasteiger partial charge in [-0.2, -0.15) is 0 Å².